The van der Waals surface area contributed by atoms with Crippen LogP contribution in [0.4, 0.5) is 9.52 Å². The van der Waals surface area contributed by atoms with Crippen molar-refractivity contribution < 1.29 is 9.18 Å². The van der Waals surface area contributed by atoms with Crippen LogP contribution in [0.1, 0.15) is 10.4 Å². The minimum atomic E-state index is -0.471. The van der Waals surface area contributed by atoms with Gasteiger partial charge in [-0.1, -0.05) is 35.1 Å². The highest BCUT2D eigenvalue weighted by Gasteiger charge is 2.23. The lowest BCUT2D eigenvalue weighted by molar-refractivity contribution is 0.0985. The highest BCUT2D eigenvalue weighted by Crippen LogP contribution is 2.30. The van der Waals surface area contributed by atoms with Crippen molar-refractivity contribution in [1.29, 1.82) is 0 Å². The van der Waals surface area contributed by atoms with Gasteiger partial charge in [0.1, 0.15) is 5.82 Å². The number of hydrogen-bond donors (Lipinski definition) is 0. The predicted octanol–water partition coefficient (Wildman–Crippen LogP) is 4.30. The van der Waals surface area contributed by atoms with E-state index in [1.54, 1.807) is 4.90 Å². The highest BCUT2D eigenvalue weighted by molar-refractivity contribution is 7.22. The quantitative estimate of drug-likeness (QED) is 0.665. The third-order valence-electron chi connectivity index (χ3n) is 3.69. The van der Waals surface area contributed by atoms with Crippen molar-refractivity contribution in [3.8, 4) is 0 Å². The molecule has 3 rings (SSSR count). The average Bonchev–Trinajstić information content (AvgIpc) is 2.98. The average molecular weight is 378 g/mol. The SMILES string of the molecule is CN(C)CCN(C(=O)c1ccc(F)cc1Cl)c1nc2ccccc2s1. The number of likely N-dealkylation sites (N-methyl/N-ethyl adjacent to an activating group) is 1. The third kappa shape index (κ3) is 3.98. The molecule has 1 heterocycles. The van der Waals surface area contributed by atoms with Crippen LogP contribution in [0.15, 0.2) is 42.5 Å². The normalized spacial score (nSPS) is 11.2. The summed E-state index contributed by atoms with van der Waals surface area (Å²) in [6.07, 6.45) is 0. The maximum atomic E-state index is 13.3. The fourth-order valence-corrected chi connectivity index (χ4v) is 3.61. The van der Waals surface area contributed by atoms with Gasteiger partial charge in [0.25, 0.3) is 5.91 Å². The van der Waals surface area contributed by atoms with Crippen LogP contribution in [0, 0.1) is 5.82 Å². The van der Waals surface area contributed by atoms with Gasteiger partial charge in [-0.25, -0.2) is 9.37 Å². The molecule has 2 aromatic carbocycles. The molecule has 1 aromatic heterocycles. The molecule has 4 nitrogen and oxygen atoms in total. The lowest BCUT2D eigenvalue weighted by Crippen LogP contribution is -2.36. The van der Waals surface area contributed by atoms with E-state index in [4.69, 9.17) is 11.6 Å². The van der Waals surface area contributed by atoms with Crippen LogP contribution in [0.3, 0.4) is 0 Å². The van der Waals surface area contributed by atoms with Gasteiger partial charge in [0.2, 0.25) is 0 Å². The molecule has 0 atom stereocenters. The number of rotatable bonds is 5. The second kappa shape index (κ2) is 7.47. The summed E-state index contributed by atoms with van der Waals surface area (Å²) >= 11 is 7.53. The van der Waals surface area contributed by atoms with Gasteiger partial charge in [-0.05, 0) is 44.4 Å². The van der Waals surface area contributed by atoms with Crippen LogP contribution in [0.5, 0.6) is 0 Å². The largest absolute Gasteiger partial charge is 0.308 e. The molecule has 0 saturated heterocycles. The molecule has 0 N–H and O–H groups in total. The number of fused-ring (bicyclic) bond motifs is 1. The number of carbonyl (C=O) groups excluding carboxylic acids is 1. The summed E-state index contributed by atoms with van der Waals surface area (Å²) in [6.45, 7) is 1.12. The topological polar surface area (TPSA) is 36.4 Å². The Morgan fingerprint density at radius 1 is 1.20 bits per heavy atom. The van der Waals surface area contributed by atoms with E-state index < -0.39 is 5.82 Å². The van der Waals surface area contributed by atoms with Crippen molar-refractivity contribution in [2.24, 2.45) is 0 Å². The molecular formula is C18H17ClFN3OS. The number of halogens is 2. The number of nitrogens with zero attached hydrogens (tertiary/aromatic N) is 3. The Morgan fingerprint density at radius 3 is 2.64 bits per heavy atom. The Labute approximate surface area is 154 Å². The standard InChI is InChI=1S/C18H17ClFN3OS/c1-22(2)9-10-23(17(24)13-8-7-12(20)11-14(13)19)18-21-15-5-3-4-6-16(15)25-18/h3-8,11H,9-10H2,1-2H3. The summed E-state index contributed by atoms with van der Waals surface area (Å²) in [5.74, 6) is -0.757. The molecule has 130 valence electrons. The molecule has 0 bridgehead atoms. The molecule has 1 amide bonds. The minimum absolute atomic E-state index is 0.0981. The van der Waals surface area contributed by atoms with Gasteiger partial charge in [0.05, 0.1) is 20.8 Å². The Hall–Kier alpha value is -2.02. The zero-order chi connectivity index (χ0) is 18.0. The first kappa shape index (κ1) is 17.8. The Morgan fingerprint density at radius 2 is 1.96 bits per heavy atom. The first-order valence-electron chi connectivity index (χ1n) is 7.73. The summed E-state index contributed by atoms with van der Waals surface area (Å²) < 4.78 is 14.3. The second-order valence-electron chi connectivity index (χ2n) is 5.85. The predicted molar refractivity (Wildman–Crippen MR) is 101 cm³/mol. The van der Waals surface area contributed by atoms with E-state index in [1.165, 1.54) is 23.5 Å². The molecular weight excluding hydrogens is 361 g/mol. The molecule has 0 aliphatic rings. The van der Waals surface area contributed by atoms with Crippen LogP contribution in [-0.2, 0) is 0 Å². The molecule has 0 radical (unpaired) electrons. The molecule has 0 spiro atoms. The number of para-hydroxylation sites is 1. The van der Waals surface area contributed by atoms with Gasteiger partial charge >= 0.3 is 0 Å². The van der Waals surface area contributed by atoms with Gasteiger partial charge in [-0.3, -0.25) is 9.69 Å². The van der Waals surface area contributed by atoms with Crippen molar-refractivity contribution in [1.82, 2.24) is 9.88 Å². The van der Waals surface area contributed by atoms with E-state index >= 15 is 0 Å². The number of anilines is 1. The maximum Gasteiger partial charge on any atom is 0.261 e. The molecule has 3 aromatic rings. The molecule has 0 aliphatic heterocycles. The Kier molecular flexibility index (Phi) is 5.32. The van der Waals surface area contributed by atoms with Crippen molar-refractivity contribution in [2.75, 3.05) is 32.1 Å². The lowest BCUT2D eigenvalue weighted by atomic mass is 10.2. The fraction of sp³-hybridized carbons (Fsp3) is 0.222. The van der Waals surface area contributed by atoms with Crippen molar-refractivity contribution >= 4 is 44.2 Å². The Balaban J connectivity index is 2.00. The number of amides is 1. The number of carbonyl (C=O) groups is 1. The molecule has 7 heteroatoms. The van der Waals surface area contributed by atoms with Gasteiger partial charge in [-0.2, -0.15) is 0 Å². The number of aromatic nitrogens is 1. The van der Waals surface area contributed by atoms with Gasteiger partial charge in [0.15, 0.2) is 5.13 Å². The van der Waals surface area contributed by atoms with E-state index in [-0.39, 0.29) is 16.5 Å². The van der Waals surface area contributed by atoms with E-state index in [1.807, 2.05) is 43.3 Å². The summed E-state index contributed by atoms with van der Waals surface area (Å²) in [7, 11) is 3.87. The summed E-state index contributed by atoms with van der Waals surface area (Å²) in [4.78, 5) is 21.2. The second-order valence-corrected chi connectivity index (χ2v) is 7.26. The molecule has 0 saturated carbocycles. The number of hydrogen-bond acceptors (Lipinski definition) is 4. The summed E-state index contributed by atoms with van der Waals surface area (Å²) in [5.41, 5.74) is 1.11. The zero-order valence-corrected chi connectivity index (χ0v) is 15.4. The fourth-order valence-electron chi connectivity index (χ4n) is 2.37. The van der Waals surface area contributed by atoms with E-state index in [0.717, 1.165) is 16.3 Å². The van der Waals surface area contributed by atoms with Gasteiger partial charge in [0, 0.05) is 13.1 Å². The first-order valence-corrected chi connectivity index (χ1v) is 8.92. The molecule has 0 aliphatic carbocycles. The van der Waals surface area contributed by atoms with Crippen LogP contribution in [0.2, 0.25) is 5.02 Å². The first-order chi connectivity index (χ1) is 12.0. The molecule has 0 fully saturated rings. The van der Waals surface area contributed by atoms with E-state index in [0.29, 0.717) is 18.2 Å². The highest BCUT2D eigenvalue weighted by atomic mass is 35.5. The van der Waals surface area contributed by atoms with Gasteiger partial charge in [-0.15, -0.1) is 0 Å². The van der Waals surface area contributed by atoms with Crippen molar-refractivity contribution in [3.63, 3.8) is 0 Å². The monoisotopic (exact) mass is 377 g/mol. The van der Waals surface area contributed by atoms with Gasteiger partial charge < -0.3 is 4.90 Å². The van der Waals surface area contributed by atoms with Crippen molar-refractivity contribution in [2.45, 2.75) is 0 Å². The maximum absolute atomic E-state index is 13.3. The smallest absolute Gasteiger partial charge is 0.261 e. The van der Waals surface area contributed by atoms with Crippen LogP contribution in [-0.4, -0.2) is 43.0 Å². The third-order valence-corrected chi connectivity index (χ3v) is 5.06. The lowest BCUT2D eigenvalue weighted by Gasteiger charge is -2.22. The molecule has 25 heavy (non-hydrogen) atoms. The van der Waals surface area contributed by atoms with Crippen LogP contribution in [0.25, 0.3) is 10.2 Å². The summed E-state index contributed by atoms with van der Waals surface area (Å²) in [6, 6.07) is 11.5. The van der Waals surface area contributed by atoms with E-state index in [9.17, 15) is 9.18 Å². The zero-order valence-electron chi connectivity index (χ0n) is 13.9. The molecule has 0 unspecified atom stereocenters. The van der Waals surface area contributed by atoms with Crippen LogP contribution >= 0.6 is 22.9 Å². The van der Waals surface area contributed by atoms with Crippen LogP contribution < -0.4 is 4.90 Å². The minimum Gasteiger partial charge on any atom is -0.308 e. The summed E-state index contributed by atoms with van der Waals surface area (Å²) in [5, 5.41) is 0.703. The van der Waals surface area contributed by atoms with Crippen molar-refractivity contribution in [3.05, 3.63) is 58.9 Å². The van der Waals surface area contributed by atoms with E-state index in [2.05, 4.69) is 4.98 Å². The Bertz CT molecular complexity index is 879. The number of benzene rings is 2. The number of thiazole rings is 1.